The lowest BCUT2D eigenvalue weighted by Crippen LogP contribution is -2.37. The second-order valence-electron chi connectivity index (χ2n) is 5.67. The highest BCUT2D eigenvalue weighted by molar-refractivity contribution is 7.91. The Labute approximate surface area is 113 Å². The molecule has 0 amide bonds. The van der Waals surface area contributed by atoms with E-state index in [2.05, 4.69) is 19.2 Å². The third-order valence-corrected chi connectivity index (χ3v) is 5.63. The summed E-state index contributed by atoms with van der Waals surface area (Å²) < 4.78 is 24.4. The van der Waals surface area contributed by atoms with Crippen LogP contribution in [0.4, 0.5) is 0 Å². The minimum atomic E-state index is -2.88. The Morgan fingerprint density at radius 3 is 2.39 bits per heavy atom. The summed E-state index contributed by atoms with van der Waals surface area (Å²) >= 11 is 0. The summed E-state index contributed by atoms with van der Waals surface area (Å²) in [5.74, 6) is 1.18. The first-order valence-corrected chi connectivity index (χ1v) is 9.33. The van der Waals surface area contributed by atoms with E-state index >= 15 is 0 Å². The van der Waals surface area contributed by atoms with Gasteiger partial charge in [-0.25, -0.2) is 8.42 Å². The second-order valence-corrected chi connectivity index (χ2v) is 7.82. The van der Waals surface area contributed by atoms with Crippen LogP contribution < -0.4 is 5.32 Å². The summed E-state index contributed by atoms with van der Waals surface area (Å²) in [5, 5.41) is 3.37. The Morgan fingerprint density at radius 2 is 1.83 bits per heavy atom. The zero-order valence-electron chi connectivity index (χ0n) is 12.0. The first-order valence-electron chi connectivity index (χ1n) is 7.51. The fourth-order valence-electron chi connectivity index (χ4n) is 2.85. The van der Waals surface area contributed by atoms with Crippen LogP contribution in [-0.2, 0) is 9.84 Å². The fourth-order valence-corrected chi connectivity index (χ4v) is 4.94. The van der Waals surface area contributed by atoms with Crippen molar-refractivity contribution >= 4 is 9.84 Å². The molecule has 0 aromatic rings. The molecule has 1 aliphatic carbocycles. The molecule has 0 radical (unpaired) electrons. The van der Waals surface area contributed by atoms with Gasteiger partial charge < -0.3 is 5.32 Å². The topological polar surface area (TPSA) is 46.2 Å². The van der Waals surface area contributed by atoms with Crippen molar-refractivity contribution in [3.63, 3.8) is 0 Å². The summed E-state index contributed by atoms with van der Waals surface area (Å²) in [5.41, 5.74) is 0. The lowest BCUT2D eigenvalue weighted by molar-refractivity contribution is 0.494. The molecule has 1 fully saturated rings. The van der Waals surface area contributed by atoms with E-state index in [1.165, 1.54) is 12.8 Å². The van der Waals surface area contributed by atoms with E-state index in [0.717, 1.165) is 38.6 Å². The van der Waals surface area contributed by atoms with Crippen LogP contribution in [0.15, 0.2) is 0 Å². The van der Waals surface area contributed by atoms with Crippen LogP contribution in [0.3, 0.4) is 0 Å². The molecule has 1 atom stereocenters. The normalized spacial score (nSPS) is 19.2. The molecule has 3 nitrogen and oxygen atoms in total. The molecular formula is C14H29NO2S. The molecule has 1 unspecified atom stereocenters. The summed E-state index contributed by atoms with van der Waals surface area (Å²) in [6, 6.07) is 0.154. The summed E-state index contributed by atoms with van der Waals surface area (Å²) in [7, 11) is -2.88. The lowest BCUT2D eigenvalue weighted by Gasteiger charge is -2.19. The largest absolute Gasteiger partial charge is 0.313 e. The second kappa shape index (κ2) is 8.16. The molecule has 0 aliphatic heterocycles. The first-order chi connectivity index (χ1) is 8.57. The van der Waals surface area contributed by atoms with Gasteiger partial charge in [-0.1, -0.05) is 33.1 Å². The maximum atomic E-state index is 12.2. The van der Waals surface area contributed by atoms with E-state index in [0.29, 0.717) is 17.4 Å². The van der Waals surface area contributed by atoms with Crippen molar-refractivity contribution in [1.29, 1.82) is 0 Å². The van der Waals surface area contributed by atoms with Crippen LogP contribution >= 0.6 is 0 Å². The third kappa shape index (κ3) is 6.19. The highest BCUT2D eigenvalue weighted by atomic mass is 32.2. The van der Waals surface area contributed by atoms with Gasteiger partial charge in [0.2, 0.25) is 0 Å². The maximum absolute atomic E-state index is 12.2. The van der Waals surface area contributed by atoms with Gasteiger partial charge in [0.1, 0.15) is 0 Å². The van der Waals surface area contributed by atoms with Gasteiger partial charge in [0.05, 0.1) is 11.5 Å². The quantitative estimate of drug-likeness (QED) is 0.704. The molecule has 0 heterocycles. The van der Waals surface area contributed by atoms with Gasteiger partial charge in [-0.2, -0.15) is 0 Å². The molecule has 0 aromatic carbocycles. The average molecular weight is 275 g/mol. The van der Waals surface area contributed by atoms with Gasteiger partial charge in [-0.05, 0) is 38.1 Å². The molecule has 1 aliphatic rings. The van der Waals surface area contributed by atoms with Gasteiger partial charge >= 0.3 is 0 Å². The smallest absolute Gasteiger partial charge is 0.152 e. The maximum Gasteiger partial charge on any atom is 0.152 e. The van der Waals surface area contributed by atoms with Gasteiger partial charge in [0.15, 0.2) is 9.84 Å². The van der Waals surface area contributed by atoms with Crippen LogP contribution in [0, 0.1) is 5.92 Å². The molecule has 0 bridgehead atoms. The molecular weight excluding hydrogens is 246 g/mol. The molecule has 4 heteroatoms. The summed E-state index contributed by atoms with van der Waals surface area (Å²) in [6.45, 7) is 5.15. The average Bonchev–Trinajstić information content (AvgIpc) is 2.77. The Balaban J connectivity index is 2.43. The van der Waals surface area contributed by atoms with E-state index in [1.807, 2.05) is 0 Å². The molecule has 0 spiro atoms. The summed E-state index contributed by atoms with van der Waals surface area (Å²) in [6.07, 6.45) is 7.71. The molecule has 108 valence electrons. The van der Waals surface area contributed by atoms with Gasteiger partial charge in [-0.15, -0.1) is 0 Å². The van der Waals surface area contributed by atoms with Crippen molar-refractivity contribution in [3.05, 3.63) is 0 Å². The van der Waals surface area contributed by atoms with Gasteiger partial charge in [0, 0.05) is 6.04 Å². The van der Waals surface area contributed by atoms with E-state index in [4.69, 9.17) is 0 Å². The first kappa shape index (κ1) is 16.0. The number of nitrogens with one attached hydrogen (secondary N) is 1. The Morgan fingerprint density at radius 1 is 1.17 bits per heavy atom. The standard InChI is InChI=1S/C14H29NO2S/c1-3-7-14(15-10-4-2)12-18(16,17)11-13-8-5-6-9-13/h13-15H,3-12H2,1-2H3. The van der Waals surface area contributed by atoms with Crippen LogP contribution in [0.1, 0.15) is 58.8 Å². The molecule has 1 N–H and O–H groups in total. The third-order valence-electron chi connectivity index (χ3n) is 3.74. The van der Waals surface area contributed by atoms with E-state index < -0.39 is 9.84 Å². The zero-order valence-corrected chi connectivity index (χ0v) is 12.8. The van der Waals surface area contributed by atoms with Crippen molar-refractivity contribution in [2.45, 2.75) is 64.8 Å². The van der Waals surface area contributed by atoms with E-state index in [-0.39, 0.29) is 6.04 Å². The monoisotopic (exact) mass is 275 g/mol. The Bertz CT molecular complexity index is 308. The van der Waals surface area contributed by atoms with Crippen molar-refractivity contribution < 1.29 is 8.42 Å². The molecule has 1 rings (SSSR count). The van der Waals surface area contributed by atoms with Crippen molar-refractivity contribution in [2.24, 2.45) is 5.92 Å². The molecule has 0 saturated heterocycles. The number of hydrogen-bond donors (Lipinski definition) is 1. The minimum Gasteiger partial charge on any atom is -0.313 e. The number of rotatable bonds is 9. The van der Waals surface area contributed by atoms with Crippen LogP contribution in [0.25, 0.3) is 0 Å². The predicted octanol–water partition coefficient (Wildman–Crippen LogP) is 2.76. The highest BCUT2D eigenvalue weighted by Crippen LogP contribution is 2.26. The zero-order chi connectivity index (χ0) is 13.4. The van der Waals surface area contributed by atoms with Crippen LogP contribution in [-0.4, -0.2) is 32.5 Å². The van der Waals surface area contributed by atoms with Gasteiger partial charge in [-0.3, -0.25) is 0 Å². The van der Waals surface area contributed by atoms with Crippen LogP contribution in [0.5, 0.6) is 0 Å². The van der Waals surface area contributed by atoms with Crippen molar-refractivity contribution in [2.75, 3.05) is 18.1 Å². The van der Waals surface area contributed by atoms with E-state index in [9.17, 15) is 8.42 Å². The molecule has 1 saturated carbocycles. The Hall–Kier alpha value is -0.0900. The highest BCUT2D eigenvalue weighted by Gasteiger charge is 2.24. The van der Waals surface area contributed by atoms with Crippen molar-refractivity contribution in [3.8, 4) is 0 Å². The SMILES string of the molecule is CCCNC(CCC)CS(=O)(=O)CC1CCCC1. The van der Waals surface area contributed by atoms with E-state index in [1.54, 1.807) is 0 Å². The Kier molecular flexibility index (Phi) is 7.23. The van der Waals surface area contributed by atoms with Gasteiger partial charge in [0.25, 0.3) is 0 Å². The lowest BCUT2D eigenvalue weighted by atomic mass is 10.1. The number of sulfone groups is 1. The summed E-state index contributed by atoms with van der Waals surface area (Å²) in [4.78, 5) is 0. The molecule has 0 aromatic heterocycles. The fraction of sp³-hybridized carbons (Fsp3) is 1.00. The predicted molar refractivity (Wildman–Crippen MR) is 77.6 cm³/mol. The molecule has 18 heavy (non-hydrogen) atoms. The van der Waals surface area contributed by atoms with Crippen LogP contribution in [0.2, 0.25) is 0 Å². The minimum absolute atomic E-state index is 0.154. The number of hydrogen-bond acceptors (Lipinski definition) is 3. The van der Waals surface area contributed by atoms with Crippen molar-refractivity contribution in [1.82, 2.24) is 5.32 Å².